The number of hydrogen-bond donors (Lipinski definition) is 0. The molecule has 0 fully saturated rings. The summed E-state index contributed by atoms with van der Waals surface area (Å²) in [5, 5.41) is 0. The summed E-state index contributed by atoms with van der Waals surface area (Å²) in [6.07, 6.45) is 12.1. The Morgan fingerprint density at radius 3 is 1.88 bits per heavy atom. The van der Waals surface area contributed by atoms with Gasteiger partial charge in [0.2, 0.25) is 0 Å². The van der Waals surface area contributed by atoms with E-state index in [4.69, 9.17) is 0 Å². The zero-order chi connectivity index (χ0) is 11.1. The molecule has 2 aromatic rings. The molecule has 0 spiro atoms. The molecule has 0 radical (unpaired) electrons. The van der Waals surface area contributed by atoms with E-state index in [1.165, 1.54) is 11.1 Å². The van der Waals surface area contributed by atoms with Crippen LogP contribution >= 0.6 is 0 Å². The summed E-state index contributed by atoms with van der Waals surface area (Å²) < 4.78 is 0. The van der Waals surface area contributed by atoms with Crippen molar-refractivity contribution in [1.29, 1.82) is 0 Å². The Balaban J connectivity index is 1.98. The molecular formula is C15H14N+. The molecule has 0 bridgehead atoms. The van der Waals surface area contributed by atoms with Gasteiger partial charge in [0.1, 0.15) is 0 Å². The van der Waals surface area contributed by atoms with Gasteiger partial charge in [-0.05, 0) is 11.1 Å². The lowest BCUT2D eigenvalue weighted by Crippen LogP contribution is -1.96. The zero-order valence-electron chi connectivity index (χ0n) is 9.01. The minimum absolute atomic E-state index is 1.19. The van der Waals surface area contributed by atoms with Crippen LogP contribution in [0.1, 0.15) is 11.1 Å². The van der Waals surface area contributed by atoms with Crippen LogP contribution in [0.3, 0.4) is 0 Å². The maximum absolute atomic E-state index is 3.00. The molecule has 0 aliphatic carbocycles. The molecule has 0 aliphatic rings. The maximum Gasteiger partial charge on any atom is 0.167 e. The number of aromatic amines is 1. The van der Waals surface area contributed by atoms with Gasteiger partial charge in [-0.2, -0.15) is 0 Å². The molecule has 0 saturated heterocycles. The first-order valence-corrected chi connectivity index (χ1v) is 5.31. The quantitative estimate of drug-likeness (QED) is 0.688. The Hall–Kier alpha value is -2.15. The van der Waals surface area contributed by atoms with Crippen LogP contribution in [-0.4, -0.2) is 0 Å². The van der Waals surface area contributed by atoms with E-state index in [0.29, 0.717) is 0 Å². The molecule has 1 heteroatoms. The fourth-order valence-corrected chi connectivity index (χ4v) is 1.41. The summed E-state index contributed by atoms with van der Waals surface area (Å²) >= 11 is 0. The van der Waals surface area contributed by atoms with Crippen molar-refractivity contribution < 1.29 is 4.98 Å². The van der Waals surface area contributed by atoms with Crippen LogP contribution in [0.15, 0.2) is 67.0 Å². The van der Waals surface area contributed by atoms with E-state index in [9.17, 15) is 0 Å². The predicted molar refractivity (Wildman–Crippen MR) is 67.5 cm³/mol. The highest BCUT2D eigenvalue weighted by atomic mass is 14.6. The van der Waals surface area contributed by atoms with Crippen LogP contribution in [0.5, 0.6) is 0 Å². The van der Waals surface area contributed by atoms with Gasteiger partial charge in [0.25, 0.3) is 0 Å². The normalized spacial score (nSPS) is 11.2. The molecule has 1 heterocycles. The van der Waals surface area contributed by atoms with Crippen molar-refractivity contribution in [2.75, 3.05) is 0 Å². The molecule has 0 amide bonds. The molecule has 2 rings (SSSR count). The number of aromatic nitrogens is 1. The molecule has 1 nitrogen and oxygen atoms in total. The SMILES string of the molecule is C(/C=C\c1cc[nH+]cc1)=C/c1ccccc1. The number of H-pyrrole nitrogens is 1. The van der Waals surface area contributed by atoms with Crippen LogP contribution in [0.25, 0.3) is 12.2 Å². The first-order chi connectivity index (χ1) is 7.95. The Bertz CT molecular complexity index is 422. The van der Waals surface area contributed by atoms with E-state index in [0.717, 1.165) is 0 Å². The van der Waals surface area contributed by atoms with Crippen molar-refractivity contribution in [3.05, 3.63) is 78.1 Å². The summed E-state index contributed by atoms with van der Waals surface area (Å²) in [7, 11) is 0. The Kier molecular flexibility index (Phi) is 3.67. The third-order valence-corrected chi connectivity index (χ3v) is 2.23. The lowest BCUT2D eigenvalue weighted by molar-refractivity contribution is -0.378. The average Bonchev–Trinajstić information content (AvgIpc) is 2.37. The van der Waals surface area contributed by atoms with Crippen molar-refractivity contribution in [3.8, 4) is 0 Å². The van der Waals surface area contributed by atoms with Crippen LogP contribution in [-0.2, 0) is 0 Å². The summed E-state index contributed by atoms with van der Waals surface area (Å²) in [6, 6.07) is 14.3. The van der Waals surface area contributed by atoms with Crippen LogP contribution in [0, 0.1) is 0 Å². The first kappa shape index (κ1) is 10.4. The third kappa shape index (κ3) is 3.21. The Morgan fingerprint density at radius 2 is 1.25 bits per heavy atom. The molecule has 1 aromatic carbocycles. The lowest BCUT2D eigenvalue weighted by atomic mass is 10.2. The fraction of sp³-hybridized carbons (Fsp3) is 0. The molecule has 0 atom stereocenters. The summed E-state index contributed by atoms with van der Waals surface area (Å²) in [5.41, 5.74) is 2.41. The number of benzene rings is 1. The molecular weight excluding hydrogens is 194 g/mol. The molecule has 1 N–H and O–H groups in total. The van der Waals surface area contributed by atoms with Crippen LogP contribution in [0.4, 0.5) is 0 Å². The van der Waals surface area contributed by atoms with Gasteiger partial charge in [0.05, 0.1) is 0 Å². The first-order valence-electron chi connectivity index (χ1n) is 5.31. The molecule has 0 unspecified atom stereocenters. The predicted octanol–water partition coefficient (Wildman–Crippen LogP) is 3.23. The lowest BCUT2D eigenvalue weighted by Gasteiger charge is -1.89. The summed E-state index contributed by atoms with van der Waals surface area (Å²) in [4.78, 5) is 3.00. The van der Waals surface area contributed by atoms with E-state index in [1.54, 1.807) is 0 Å². The molecule has 78 valence electrons. The minimum Gasteiger partial charge on any atom is -0.218 e. The van der Waals surface area contributed by atoms with Crippen molar-refractivity contribution in [3.63, 3.8) is 0 Å². The van der Waals surface area contributed by atoms with E-state index < -0.39 is 0 Å². The standard InChI is InChI=1S/C15H13N/c1-2-6-14(7-3-1)8-4-5-9-15-10-12-16-13-11-15/h1-13H/p+1/b8-4-,9-5-. The maximum atomic E-state index is 3.00. The number of rotatable bonds is 3. The zero-order valence-corrected chi connectivity index (χ0v) is 9.01. The van der Waals surface area contributed by atoms with Gasteiger partial charge >= 0.3 is 0 Å². The van der Waals surface area contributed by atoms with Crippen molar-refractivity contribution in [1.82, 2.24) is 0 Å². The van der Waals surface area contributed by atoms with Gasteiger partial charge in [0.15, 0.2) is 12.4 Å². The molecule has 1 aromatic heterocycles. The van der Waals surface area contributed by atoms with Crippen LogP contribution in [0.2, 0.25) is 0 Å². The minimum atomic E-state index is 1.19. The van der Waals surface area contributed by atoms with E-state index in [1.807, 2.05) is 54.9 Å². The fourth-order valence-electron chi connectivity index (χ4n) is 1.41. The number of pyridine rings is 1. The summed E-state index contributed by atoms with van der Waals surface area (Å²) in [6.45, 7) is 0. The smallest absolute Gasteiger partial charge is 0.167 e. The second-order valence-corrected chi connectivity index (χ2v) is 3.46. The monoisotopic (exact) mass is 208 g/mol. The second kappa shape index (κ2) is 5.66. The van der Waals surface area contributed by atoms with E-state index in [-0.39, 0.29) is 0 Å². The van der Waals surface area contributed by atoms with Gasteiger partial charge in [-0.25, -0.2) is 4.98 Å². The van der Waals surface area contributed by atoms with E-state index >= 15 is 0 Å². The van der Waals surface area contributed by atoms with Crippen molar-refractivity contribution in [2.45, 2.75) is 0 Å². The van der Waals surface area contributed by atoms with Crippen LogP contribution < -0.4 is 4.98 Å². The average molecular weight is 208 g/mol. The third-order valence-electron chi connectivity index (χ3n) is 2.23. The highest BCUT2D eigenvalue weighted by Crippen LogP contribution is 2.02. The highest BCUT2D eigenvalue weighted by molar-refractivity contribution is 5.56. The number of nitrogens with one attached hydrogen (secondary N) is 1. The van der Waals surface area contributed by atoms with Crippen molar-refractivity contribution in [2.24, 2.45) is 0 Å². The van der Waals surface area contributed by atoms with Gasteiger partial charge in [0, 0.05) is 12.1 Å². The van der Waals surface area contributed by atoms with E-state index in [2.05, 4.69) is 29.3 Å². The Morgan fingerprint density at radius 1 is 0.688 bits per heavy atom. The molecule has 16 heavy (non-hydrogen) atoms. The Labute approximate surface area is 95.8 Å². The van der Waals surface area contributed by atoms with Crippen molar-refractivity contribution >= 4 is 12.2 Å². The van der Waals surface area contributed by atoms with Gasteiger partial charge < -0.3 is 0 Å². The summed E-state index contributed by atoms with van der Waals surface area (Å²) in [5.74, 6) is 0. The topological polar surface area (TPSA) is 14.1 Å². The second-order valence-electron chi connectivity index (χ2n) is 3.46. The highest BCUT2D eigenvalue weighted by Gasteiger charge is 1.84. The van der Waals surface area contributed by atoms with Gasteiger partial charge in [-0.3, -0.25) is 0 Å². The molecule has 0 saturated carbocycles. The van der Waals surface area contributed by atoms with Gasteiger partial charge in [-0.15, -0.1) is 0 Å². The number of allylic oxidation sites excluding steroid dienone is 2. The van der Waals surface area contributed by atoms with Gasteiger partial charge in [-0.1, -0.05) is 54.6 Å². The molecule has 0 aliphatic heterocycles. The largest absolute Gasteiger partial charge is 0.218 e. The number of hydrogen-bond acceptors (Lipinski definition) is 0.